The van der Waals surface area contributed by atoms with Gasteiger partial charge in [0.15, 0.2) is 5.82 Å². The molecule has 7 nitrogen and oxygen atoms in total. The molecule has 2 aliphatic rings. The van der Waals surface area contributed by atoms with Crippen LogP contribution in [0.5, 0.6) is 0 Å². The van der Waals surface area contributed by atoms with Crippen molar-refractivity contribution in [2.75, 3.05) is 11.9 Å². The van der Waals surface area contributed by atoms with E-state index in [4.69, 9.17) is 0 Å². The predicted octanol–water partition coefficient (Wildman–Crippen LogP) is 2.67. The molecule has 1 aliphatic heterocycles. The second kappa shape index (κ2) is 6.22. The molecule has 2 aromatic heterocycles. The van der Waals surface area contributed by atoms with Crippen LogP contribution in [0, 0.1) is 5.92 Å². The van der Waals surface area contributed by atoms with Crippen LogP contribution in [0.15, 0.2) is 24.4 Å². The van der Waals surface area contributed by atoms with Crippen molar-refractivity contribution >= 4 is 11.8 Å². The van der Waals surface area contributed by atoms with Gasteiger partial charge in [0, 0.05) is 25.8 Å². The van der Waals surface area contributed by atoms with Crippen molar-refractivity contribution in [1.29, 1.82) is 0 Å². The Morgan fingerprint density at radius 1 is 1.17 bits per heavy atom. The van der Waals surface area contributed by atoms with Crippen LogP contribution in [0.1, 0.15) is 32.1 Å². The average Bonchev–Trinajstić information content (AvgIpc) is 3.19. The molecule has 0 bridgehead atoms. The van der Waals surface area contributed by atoms with Gasteiger partial charge >= 0.3 is 6.03 Å². The highest BCUT2D eigenvalue weighted by Gasteiger charge is 2.38. The molecule has 0 radical (unpaired) electrons. The minimum atomic E-state index is -0.0549. The Hall–Kier alpha value is -2.44. The van der Waals surface area contributed by atoms with Gasteiger partial charge in [-0.05, 0) is 43.4 Å². The third-order valence-corrected chi connectivity index (χ3v) is 5.25. The highest BCUT2D eigenvalue weighted by atomic mass is 16.2. The molecule has 1 unspecified atom stereocenters. The largest absolute Gasteiger partial charge is 0.323 e. The Kier molecular flexibility index (Phi) is 3.92. The Balaban J connectivity index is 1.40. The summed E-state index contributed by atoms with van der Waals surface area (Å²) in [7, 11) is 1.86. The molecule has 3 heterocycles. The molecule has 24 heavy (non-hydrogen) atoms. The van der Waals surface area contributed by atoms with Gasteiger partial charge in [-0.1, -0.05) is 12.8 Å². The molecule has 126 valence electrons. The lowest BCUT2D eigenvalue weighted by Crippen LogP contribution is -2.55. The molecule has 1 N–H and O–H groups in total. The van der Waals surface area contributed by atoms with Gasteiger partial charge in [-0.3, -0.25) is 10.00 Å². The molecule has 2 aromatic rings. The number of aryl methyl sites for hydroxylation is 1. The van der Waals surface area contributed by atoms with Gasteiger partial charge in [0.2, 0.25) is 0 Å². The smallest absolute Gasteiger partial charge is 0.321 e. The van der Waals surface area contributed by atoms with Gasteiger partial charge in [-0.2, -0.15) is 5.10 Å². The summed E-state index contributed by atoms with van der Waals surface area (Å²) in [5.41, 5.74) is 1.63. The molecule has 1 saturated heterocycles. The molecule has 1 atom stereocenters. The van der Waals surface area contributed by atoms with E-state index >= 15 is 0 Å². The number of nitrogens with one attached hydrogen (secondary N) is 1. The van der Waals surface area contributed by atoms with Crippen LogP contribution in [0.2, 0.25) is 0 Å². The van der Waals surface area contributed by atoms with Crippen molar-refractivity contribution < 1.29 is 4.79 Å². The molecule has 1 saturated carbocycles. The van der Waals surface area contributed by atoms with E-state index in [1.54, 1.807) is 16.9 Å². The second-order valence-electron chi connectivity index (χ2n) is 6.67. The number of carbonyl (C=O) groups is 1. The third kappa shape index (κ3) is 2.74. The number of urea groups is 1. The van der Waals surface area contributed by atoms with E-state index in [0.717, 1.165) is 24.4 Å². The molecular formula is C17H22N6O. The minimum Gasteiger partial charge on any atom is -0.321 e. The average molecular weight is 326 g/mol. The fourth-order valence-electron chi connectivity index (χ4n) is 3.83. The van der Waals surface area contributed by atoms with E-state index in [1.807, 2.05) is 24.1 Å². The van der Waals surface area contributed by atoms with E-state index in [0.29, 0.717) is 17.8 Å². The van der Waals surface area contributed by atoms with Gasteiger partial charge in [0.25, 0.3) is 0 Å². The molecule has 2 fully saturated rings. The first kappa shape index (κ1) is 15.1. The number of nitrogens with zero attached hydrogens (tertiary/aromatic N) is 5. The van der Waals surface area contributed by atoms with Crippen molar-refractivity contribution in [3.63, 3.8) is 0 Å². The van der Waals surface area contributed by atoms with Crippen LogP contribution >= 0.6 is 0 Å². The lowest BCUT2D eigenvalue weighted by atomic mass is 9.88. The lowest BCUT2D eigenvalue weighted by molar-refractivity contribution is 0.0853. The van der Waals surface area contributed by atoms with Crippen LogP contribution in [0.4, 0.5) is 10.6 Å². The minimum absolute atomic E-state index is 0.0549. The Bertz CT molecular complexity index is 719. The highest BCUT2D eigenvalue weighted by molar-refractivity contribution is 5.89. The standard InChI is InChI=1S/C17H22N6O/c1-22-15(8-10-18-22)13-6-7-16(21-20-13)19-17(24)23-11-9-14(23)12-4-2-3-5-12/h6-8,10,12,14H,2-5,9,11H2,1H3,(H,19,21,24). The number of hydrogen-bond acceptors (Lipinski definition) is 4. The molecule has 1 aliphatic carbocycles. The molecule has 2 amide bonds. The first-order valence-electron chi connectivity index (χ1n) is 8.62. The van der Waals surface area contributed by atoms with Crippen molar-refractivity contribution in [2.45, 2.75) is 38.1 Å². The first-order valence-corrected chi connectivity index (χ1v) is 8.62. The summed E-state index contributed by atoms with van der Waals surface area (Å²) in [6.45, 7) is 0.841. The normalized spacial score (nSPS) is 20.9. The number of rotatable bonds is 3. The number of aromatic nitrogens is 4. The molecule has 0 aromatic carbocycles. The number of likely N-dealkylation sites (tertiary alicyclic amines) is 1. The maximum Gasteiger partial charge on any atom is 0.323 e. The fraction of sp³-hybridized carbons (Fsp3) is 0.529. The SMILES string of the molecule is Cn1nccc1-c1ccc(NC(=O)N2CCC2C2CCCC2)nn1. The van der Waals surface area contributed by atoms with E-state index in [1.165, 1.54) is 25.7 Å². The summed E-state index contributed by atoms with van der Waals surface area (Å²) in [4.78, 5) is 14.4. The maximum absolute atomic E-state index is 12.5. The predicted molar refractivity (Wildman–Crippen MR) is 90.3 cm³/mol. The summed E-state index contributed by atoms with van der Waals surface area (Å²) < 4.78 is 1.74. The summed E-state index contributed by atoms with van der Waals surface area (Å²) in [6, 6.07) is 5.88. The van der Waals surface area contributed by atoms with E-state index < -0.39 is 0 Å². The molecular weight excluding hydrogens is 304 g/mol. The number of anilines is 1. The van der Waals surface area contributed by atoms with E-state index in [-0.39, 0.29) is 6.03 Å². The van der Waals surface area contributed by atoms with Gasteiger partial charge in [-0.25, -0.2) is 4.79 Å². The Morgan fingerprint density at radius 2 is 2.00 bits per heavy atom. The Labute approximate surface area is 141 Å². The van der Waals surface area contributed by atoms with Gasteiger partial charge < -0.3 is 4.90 Å². The topological polar surface area (TPSA) is 75.9 Å². The lowest BCUT2D eigenvalue weighted by Gasteiger charge is -2.44. The van der Waals surface area contributed by atoms with E-state index in [2.05, 4.69) is 20.6 Å². The summed E-state index contributed by atoms with van der Waals surface area (Å²) in [5.74, 6) is 1.17. The van der Waals surface area contributed by atoms with Gasteiger partial charge in [-0.15, -0.1) is 10.2 Å². The summed E-state index contributed by atoms with van der Waals surface area (Å²) in [5, 5.41) is 15.3. The van der Waals surface area contributed by atoms with E-state index in [9.17, 15) is 4.79 Å². The second-order valence-corrected chi connectivity index (χ2v) is 6.67. The van der Waals surface area contributed by atoms with Crippen molar-refractivity contribution in [2.24, 2.45) is 13.0 Å². The third-order valence-electron chi connectivity index (χ3n) is 5.25. The number of amides is 2. The van der Waals surface area contributed by atoms with Crippen molar-refractivity contribution in [1.82, 2.24) is 24.9 Å². The number of carbonyl (C=O) groups excluding carboxylic acids is 1. The fourth-order valence-corrected chi connectivity index (χ4v) is 3.83. The number of hydrogen-bond donors (Lipinski definition) is 1. The molecule has 7 heteroatoms. The summed E-state index contributed by atoms with van der Waals surface area (Å²) in [6.07, 6.45) is 7.97. The van der Waals surface area contributed by atoms with Crippen molar-refractivity contribution in [3.05, 3.63) is 24.4 Å². The zero-order valence-electron chi connectivity index (χ0n) is 13.9. The van der Waals surface area contributed by atoms with Crippen LogP contribution < -0.4 is 5.32 Å². The summed E-state index contributed by atoms with van der Waals surface area (Å²) >= 11 is 0. The first-order chi connectivity index (χ1) is 11.7. The van der Waals surface area contributed by atoms with Crippen LogP contribution in [-0.4, -0.2) is 43.5 Å². The zero-order chi connectivity index (χ0) is 16.5. The maximum atomic E-state index is 12.5. The van der Waals surface area contributed by atoms with Gasteiger partial charge in [0.1, 0.15) is 5.69 Å². The zero-order valence-corrected chi connectivity index (χ0v) is 13.9. The van der Waals surface area contributed by atoms with Crippen LogP contribution in [-0.2, 0) is 7.05 Å². The monoisotopic (exact) mass is 326 g/mol. The van der Waals surface area contributed by atoms with Crippen molar-refractivity contribution in [3.8, 4) is 11.4 Å². The van der Waals surface area contributed by atoms with Crippen LogP contribution in [0.25, 0.3) is 11.4 Å². The van der Waals surface area contributed by atoms with Crippen LogP contribution in [0.3, 0.4) is 0 Å². The van der Waals surface area contributed by atoms with Gasteiger partial charge in [0.05, 0.1) is 5.69 Å². The quantitative estimate of drug-likeness (QED) is 0.941. The highest BCUT2D eigenvalue weighted by Crippen LogP contribution is 2.36. The Morgan fingerprint density at radius 3 is 2.58 bits per heavy atom. The molecule has 4 rings (SSSR count). The molecule has 0 spiro atoms.